The van der Waals surface area contributed by atoms with Crippen LogP contribution in [0.1, 0.15) is 7.79 Å². The van der Waals surface area contributed by atoms with Gasteiger partial charge in [-0.15, -0.1) is 0 Å². The Bertz CT molecular complexity index is 154. The molecule has 10 heavy (non-hydrogen) atoms. The summed E-state index contributed by atoms with van der Waals surface area (Å²) in [6.45, 7) is 0.618. The summed E-state index contributed by atoms with van der Waals surface area (Å²) >= 11 is 0. The van der Waals surface area contributed by atoms with Crippen LogP contribution >= 0.6 is 0 Å². The highest BCUT2D eigenvalue weighted by atomic mass is 16.5. The molecule has 1 rings (SSSR count). The van der Waals surface area contributed by atoms with Crippen molar-refractivity contribution in [2.24, 2.45) is 5.73 Å². The van der Waals surface area contributed by atoms with E-state index >= 15 is 0 Å². The van der Waals surface area contributed by atoms with Gasteiger partial charge < -0.3 is 15.8 Å². The number of hydrogen-bond donors (Lipinski definition) is 2. The van der Waals surface area contributed by atoms with E-state index in [0.29, 0.717) is 13.0 Å². The van der Waals surface area contributed by atoms with Crippen LogP contribution in [0, 0.1) is 0 Å². The molecule has 1 saturated heterocycles. The first-order valence-corrected chi connectivity index (χ1v) is 3.17. The SMILES string of the molecule is [2H]CO[C@H]1CN[C@H](C(N)=O)C1. The standard InChI is InChI=1S/C6H12N2O2/c1-10-4-2-5(6(7)9)8-3-4/h4-5,8H,2-3H2,1H3,(H2,7,9)/t4-,5+/m1/s1/i1D. The zero-order valence-electron chi connectivity index (χ0n) is 6.67. The third-order valence-corrected chi connectivity index (χ3v) is 1.67. The van der Waals surface area contributed by atoms with Crippen LogP contribution in [0.4, 0.5) is 0 Å². The zero-order chi connectivity index (χ0) is 8.27. The van der Waals surface area contributed by atoms with Gasteiger partial charge in [0, 0.05) is 13.6 Å². The molecule has 0 saturated carbocycles. The molecule has 3 N–H and O–H groups in total. The molecule has 58 valence electrons. The van der Waals surface area contributed by atoms with Gasteiger partial charge in [0.05, 0.1) is 13.5 Å². The second kappa shape index (κ2) is 2.98. The normalized spacial score (nSPS) is 33.8. The first-order valence-electron chi connectivity index (χ1n) is 3.88. The maximum atomic E-state index is 10.6. The highest BCUT2D eigenvalue weighted by molar-refractivity contribution is 5.80. The summed E-state index contributed by atoms with van der Waals surface area (Å²) in [5.41, 5.74) is 5.05. The molecule has 0 aromatic carbocycles. The molecule has 1 fully saturated rings. The van der Waals surface area contributed by atoms with E-state index in [1.165, 1.54) is 0 Å². The number of nitrogens with one attached hydrogen (secondary N) is 1. The Morgan fingerprint density at radius 1 is 2.00 bits per heavy atom. The van der Waals surface area contributed by atoms with E-state index in [4.69, 9.17) is 11.8 Å². The molecule has 0 radical (unpaired) electrons. The average molecular weight is 145 g/mol. The van der Waals surface area contributed by atoms with Gasteiger partial charge in [-0.2, -0.15) is 0 Å². The smallest absolute Gasteiger partial charge is 0.234 e. The predicted octanol–water partition coefficient (Wildman–Crippen LogP) is -1.15. The van der Waals surface area contributed by atoms with E-state index in [0.717, 1.165) is 0 Å². The fourth-order valence-corrected chi connectivity index (χ4v) is 1.05. The molecule has 0 spiro atoms. The summed E-state index contributed by atoms with van der Waals surface area (Å²) in [7, 11) is -0.0577. The molecule has 1 aliphatic rings. The zero-order valence-corrected chi connectivity index (χ0v) is 5.67. The van der Waals surface area contributed by atoms with Crippen LogP contribution in [0.2, 0.25) is 0 Å². The first kappa shape index (κ1) is 6.12. The molecule has 1 aliphatic heterocycles. The molecular weight excluding hydrogens is 132 g/mol. The van der Waals surface area contributed by atoms with Crippen molar-refractivity contribution in [3.8, 4) is 0 Å². The molecule has 2 atom stereocenters. The molecule has 1 amide bonds. The van der Waals surface area contributed by atoms with E-state index in [1.807, 2.05) is 0 Å². The van der Waals surface area contributed by atoms with Gasteiger partial charge in [-0.3, -0.25) is 4.79 Å². The highest BCUT2D eigenvalue weighted by Gasteiger charge is 2.27. The Balaban J connectivity index is 2.29. The van der Waals surface area contributed by atoms with Crippen LogP contribution in [0.25, 0.3) is 0 Å². The minimum absolute atomic E-state index is 0.0231. The van der Waals surface area contributed by atoms with Crippen molar-refractivity contribution in [3.63, 3.8) is 0 Å². The Kier molecular flexibility index (Phi) is 1.83. The Hall–Kier alpha value is -0.610. The number of methoxy groups -OCH3 is 1. The van der Waals surface area contributed by atoms with E-state index in [9.17, 15) is 4.79 Å². The molecule has 0 aliphatic carbocycles. The average Bonchev–Trinajstić information content (AvgIpc) is 2.37. The number of amides is 1. The highest BCUT2D eigenvalue weighted by Crippen LogP contribution is 2.08. The van der Waals surface area contributed by atoms with Crippen molar-refractivity contribution in [1.29, 1.82) is 0 Å². The van der Waals surface area contributed by atoms with Gasteiger partial charge in [-0.1, -0.05) is 0 Å². The number of nitrogens with two attached hydrogens (primary N) is 1. The van der Waals surface area contributed by atoms with Gasteiger partial charge in [0.1, 0.15) is 0 Å². The van der Waals surface area contributed by atoms with E-state index in [1.54, 1.807) is 0 Å². The van der Waals surface area contributed by atoms with Crippen LogP contribution < -0.4 is 11.1 Å². The van der Waals surface area contributed by atoms with Crippen molar-refractivity contribution in [2.75, 3.05) is 13.6 Å². The molecule has 0 aromatic rings. The number of carbonyl (C=O) groups is 1. The lowest BCUT2D eigenvalue weighted by molar-refractivity contribution is -0.119. The quantitative estimate of drug-likeness (QED) is 0.515. The van der Waals surface area contributed by atoms with Crippen molar-refractivity contribution >= 4 is 5.91 Å². The maximum absolute atomic E-state index is 10.6. The first-order chi connectivity index (χ1) is 5.24. The van der Waals surface area contributed by atoms with Crippen LogP contribution in [0.15, 0.2) is 0 Å². The Morgan fingerprint density at radius 2 is 2.80 bits per heavy atom. The maximum Gasteiger partial charge on any atom is 0.234 e. The third kappa shape index (κ3) is 1.46. The molecule has 0 unspecified atom stereocenters. The van der Waals surface area contributed by atoms with Crippen molar-refractivity contribution < 1.29 is 10.9 Å². The number of carbonyl (C=O) groups excluding carboxylic acids is 1. The lowest BCUT2D eigenvalue weighted by Gasteiger charge is -2.04. The molecule has 1 heterocycles. The summed E-state index contributed by atoms with van der Waals surface area (Å²) in [4.78, 5) is 10.6. The van der Waals surface area contributed by atoms with Gasteiger partial charge in [0.25, 0.3) is 0 Å². The van der Waals surface area contributed by atoms with Crippen molar-refractivity contribution in [1.82, 2.24) is 5.32 Å². The van der Waals surface area contributed by atoms with E-state index in [-0.39, 0.29) is 25.1 Å². The second-order valence-corrected chi connectivity index (χ2v) is 2.39. The van der Waals surface area contributed by atoms with Crippen molar-refractivity contribution in [2.45, 2.75) is 18.6 Å². The van der Waals surface area contributed by atoms with Gasteiger partial charge in [0.15, 0.2) is 0 Å². The molecule has 0 bridgehead atoms. The fourth-order valence-electron chi connectivity index (χ4n) is 1.05. The topological polar surface area (TPSA) is 64.3 Å². The second-order valence-electron chi connectivity index (χ2n) is 2.39. The molecule has 4 nitrogen and oxygen atoms in total. The van der Waals surface area contributed by atoms with Crippen LogP contribution in [0.5, 0.6) is 0 Å². The van der Waals surface area contributed by atoms with Gasteiger partial charge in [0.2, 0.25) is 5.91 Å². The van der Waals surface area contributed by atoms with Gasteiger partial charge in [-0.05, 0) is 6.42 Å². The molecule has 0 aromatic heterocycles. The van der Waals surface area contributed by atoms with Gasteiger partial charge in [-0.25, -0.2) is 0 Å². The summed E-state index contributed by atoms with van der Waals surface area (Å²) < 4.78 is 11.8. The largest absolute Gasteiger partial charge is 0.380 e. The predicted molar refractivity (Wildman–Crippen MR) is 36.4 cm³/mol. The fraction of sp³-hybridized carbons (Fsp3) is 0.833. The monoisotopic (exact) mass is 145 g/mol. The summed E-state index contributed by atoms with van der Waals surface area (Å²) in [5.74, 6) is -0.346. The Morgan fingerprint density at radius 3 is 3.30 bits per heavy atom. The minimum atomic E-state index is -0.346. The lowest BCUT2D eigenvalue weighted by Crippen LogP contribution is -2.36. The summed E-state index contributed by atoms with van der Waals surface area (Å²) in [6, 6.07) is -0.272. The van der Waals surface area contributed by atoms with E-state index < -0.39 is 0 Å². The van der Waals surface area contributed by atoms with Crippen LogP contribution in [-0.2, 0) is 9.53 Å². The minimum Gasteiger partial charge on any atom is -0.380 e. The number of ether oxygens (including phenoxy) is 1. The molecular formula is C6H12N2O2. The van der Waals surface area contributed by atoms with E-state index in [2.05, 4.69) is 5.32 Å². The lowest BCUT2D eigenvalue weighted by atomic mass is 10.2. The Labute approximate surface area is 61.1 Å². The van der Waals surface area contributed by atoms with Gasteiger partial charge >= 0.3 is 0 Å². The summed E-state index contributed by atoms with van der Waals surface area (Å²) in [6.07, 6.45) is 0.568. The van der Waals surface area contributed by atoms with Crippen LogP contribution in [-0.4, -0.2) is 31.7 Å². The molecule has 4 heteroatoms. The van der Waals surface area contributed by atoms with Crippen molar-refractivity contribution in [3.05, 3.63) is 0 Å². The number of primary amides is 1. The summed E-state index contributed by atoms with van der Waals surface area (Å²) in [5, 5.41) is 2.91. The number of rotatable bonds is 2. The third-order valence-electron chi connectivity index (χ3n) is 1.67. The number of hydrogen-bond acceptors (Lipinski definition) is 3. The van der Waals surface area contributed by atoms with Crippen LogP contribution in [0.3, 0.4) is 0 Å².